The average Bonchev–Trinajstić information content (AvgIpc) is 2.72. The summed E-state index contributed by atoms with van der Waals surface area (Å²) in [6.07, 6.45) is 7.64. The summed E-state index contributed by atoms with van der Waals surface area (Å²) in [4.78, 5) is 12.6. The van der Waals surface area contributed by atoms with Crippen LogP contribution in [0.4, 0.5) is 4.79 Å². The van der Waals surface area contributed by atoms with Crippen LogP contribution in [0.2, 0.25) is 0 Å². The van der Waals surface area contributed by atoms with E-state index in [4.69, 9.17) is 5.11 Å². The molecule has 15 heavy (non-hydrogen) atoms. The second-order valence-electron chi connectivity index (χ2n) is 3.85. The van der Waals surface area contributed by atoms with Gasteiger partial charge in [-0.1, -0.05) is 19.3 Å². The van der Waals surface area contributed by atoms with E-state index in [2.05, 4.69) is 5.10 Å². The summed E-state index contributed by atoms with van der Waals surface area (Å²) in [5.41, 5.74) is 0. The number of carbonyl (C=O) groups is 1. The molecule has 2 rings (SSSR count). The molecule has 1 aliphatic carbocycles. The van der Waals surface area contributed by atoms with Crippen molar-refractivity contribution in [1.29, 1.82) is 0 Å². The second-order valence-corrected chi connectivity index (χ2v) is 3.85. The summed E-state index contributed by atoms with van der Waals surface area (Å²) in [7, 11) is 0. The number of rotatable bonds is 2. The normalized spacial score (nSPS) is 17.6. The lowest BCUT2D eigenvalue weighted by atomic mass is 9.95. The zero-order valence-electron chi connectivity index (χ0n) is 8.54. The van der Waals surface area contributed by atoms with Gasteiger partial charge in [0.25, 0.3) is 0 Å². The molecule has 1 aliphatic rings. The monoisotopic (exact) mass is 209 g/mol. The molecule has 1 aromatic heterocycles. The van der Waals surface area contributed by atoms with Crippen LogP contribution in [0, 0.1) is 0 Å². The third-order valence-corrected chi connectivity index (χ3v) is 2.83. The van der Waals surface area contributed by atoms with Gasteiger partial charge in [0.05, 0.1) is 12.2 Å². The van der Waals surface area contributed by atoms with Crippen molar-refractivity contribution in [3.63, 3.8) is 0 Å². The first-order chi connectivity index (χ1) is 7.29. The standard InChI is InChI=1S/C10H15N3O2/c14-10(15)13(12-8-4-7-11-12)9-5-2-1-3-6-9/h4,7-9H,1-3,5-6H2,(H,14,15). The highest BCUT2D eigenvalue weighted by Gasteiger charge is 2.26. The molecule has 1 heterocycles. The third-order valence-electron chi connectivity index (χ3n) is 2.83. The van der Waals surface area contributed by atoms with Crippen molar-refractivity contribution in [2.24, 2.45) is 0 Å². The lowest BCUT2D eigenvalue weighted by Gasteiger charge is -2.31. The Morgan fingerprint density at radius 1 is 1.40 bits per heavy atom. The predicted octanol–water partition coefficient (Wildman–Crippen LogP) is 1.83. The lowest BCUT2D eigenvalue weighted by molar-refractivity contribution is 0.184. The van der Waals surface area contributed by atoms with Crippen LogP contribution in [-0.2, 0) is 0 Å². The van der Waals surface area contributed by atoms with E-state index >= 15 is 0 Å². The Labute approximate surface area is 88.3 Å². The molecule has 5 heteroatoms. The first-order valence-electron chi connectivity index (χ1n) is 5.31. The van der Waals surface area contributed by atoms with Gasteiger partial charge in [0.2, 0.25) is 0 Å². The Hall–Kier alpha value is -1.52. The van der Waals surface area contributed by atoms with Gasteiger partial charge < -0.3 is 5.11 Å². The highest BCUT2D eigenvalue weighted by molar-refractivity contribution is 5.76. The summed E-state index contributed by atoms with van der Waals surface area (Å²) in [5.74, 6) is 0. The van der Waals surface area contributed by atoms with Crippen molar-refractivity contribution < 1.29 is 9.90 Å². The van der Waals surface area contributed by atoms with Crippen LogP contribution >= 0.6 is 0 Å². The maximum absolute atomic E-state index is 11.2. The predicted molar refractivity (Wildman–Crippen MR) is 55.3 cm³/mol. The molecule has 5 nitrogen and oxygen atoms in total. The van der Waals surface area contributed by atoms with E-state index in [1.807, 2.05) is 0 Å². The first-order valence-corrected chi connectivity index (χ1v) is 5.31. The first kappa shape index (κ1) is 10.0. The largest absolute Gasteiger partial charge is 0.464 e. The Kier molecular flexibility index (Phi) is 2.89. The summed E-state index contributed by atoms with van der Waals surface area (Å²) in [6.45, 7) is 0. The topological polar surface area (TPSA) is 58.4 Å². The number of hydrogen-bond donors (Lipinski definition) is 1. The van der Waals surface area contributed by atoms with E-state index in [1.54, 1.807) is 18.5 Å². The summed E-state index contributed by atoms with van der Waals surface area (Å²) >= 11 is 0. The molecule has 0 aliphatic heterocycles. The Balaban J connectivity index is 2.15. The van der Waals surface area contributed by atoms with Crippen LogP contribution in [-0.4, -0.2) is 27.1 Å². The number of nitrogens with zero attached hydrogens (tertiary/aromatic N) is 3. The molecule has 0 bridgehead atoms. The molecule has 1 aromatic rings. The van der Waals surface area contributed by atoms with Crippen LogP contribution in [0.5, 0.6) is 0 Å². The van der Waals surface area contributed by atoms with Gasteiger partial charge in [-0.05, 0) is 18.9 Å². The van der Waals surface area contributed by atoms with Crippen LogP contribution in [0.15, 0.2) is 18.5 Å². The van der Waals surface area contributed by atoms with E-state index in [-0.39, 0.29) is 6.04 Å². The van der Waals surface area contributed by atoms with Gasteiger partial charge in [-0.25, -0.2) is 4.79 Å². The maximum atomic E-state index is 11.2. The van der Waals surface area contributed by atoms with E-state index in [0.29, 0.717) is 0 Å². The van der Waals surface area contributed by atoms with Crippen LogP contribution < -0.4 is 5.01 Å². The Bertz CT molecular complexity index is 317. The molecule has 1 N–H and O–H groups in total. The minimum absolute atomic E-state index is 0.0798. The maximum Gasteiger partial charge on any atom is 0.428 e. The van der Waals surface area contributed by atoms with Crippen molar-refractivity contribution >= 4 is 6.09 Å². The summed E-state index contributed by atoms with van der Waals surface area (Å²) < 4.78 is 0. The van der Waals surface area contributed by atoms with Gasteiger partial charge in [0, 0.05) is 6.20 Å². The van der Waals surface area contributed by atoms with Crippen LogP contribution in [0.25, 0.3) is 0 Å². The van der Waals surface area contributed by atoms with Gasteiger partial charge in [-0.3, -0.25) is 0 Å². The molecule has 0 unspecified atom stereocenters. The number of amides is 1. The molecule has 1 saturated carbocycles. The van der Waals surface area contributed by atoms with Crippen molar-refractivity contribution in [2.75, 3.05) is 5.01 Å². The molecule has 0 spiro atoms. The number of aromatic nitrogens is 2. The fraction of sp³-hybridized carbons (Fsp3) is 0.600. The molecule has 1 fully saturated rings. The highest BCUT2D eigenvalue weighted by atomic mass is 16.4. The van der Waals surface area contributed by atoms with Crippen molar-refractivity contribution in [1.82, 2.24) is 9.89 Å². The summed E-state index contributed by atoms with van der Waals surface area (Å²) in [6, 6.07) is 1.81. The molecule has 1 amide bonds. The van der Waals surface area contributed by atoms with Gasteiger partial charge in [-0.15, -0.1) is 0 Å². The molecule has 0 aromatic carbocycles. The minimum atomic E-state index is -0.925. The zero-order chi connectivity index (χ0) is 10.7. The van der Waals surface area contributed by atoms with Crippen molar-refractivity contribution in [3.8, 4) is 0 Å². The summed E-state index contributed by atoms with van der Waals surface area (Å²) in [5, 5.41) is 14.5. The quantitative estimate of drug-likeness (QED) is 0.808. The molecule has 0 saturated heterocycles. The third kappa shape index (κ3) is 2.11. The number of hydrogen-bond acceptors (Lipinski definition) is 2. The minimum Gasteiger partial charge on any atom is -0.464 e. The number of carboxylic acid groups (broad SMARTS) is 1. The molecule has 82 valence electrons. The van der Waals surface area contributed by atoms with Crippen molar-refractivity contribution in [2.45, 2.75) is 38.1 Å². The van der Waals surface area contributed by atoms with Crippen LogP contribution in [0.3, 0.4) is 0 Å². The van der Waals surface area contributed by atoms with E-state index < -0.39 is 6.09 Å². The zero-order valence-corrected chi connectivity index (χ0v) is 8.54. The lowest BCUT2D eigenvalue weighted by Crippen LogP contribution is -2.48. The van der Waals surface area contributed by atoms with Gasteiger partial charge in [0.1, 0.15) is 0 Å². The van der Waals surface area contributed by atoms with Gasteiger partial charge in [-0.2, -0.15) is 14.9 Å². The fourth-order valence-electron chi connectivity index (χ4n) is 2.12. The molecular weight excluding hydrogens is 194 g/mol. The van der Waals surface area contributed by atoms with E-state index in [9.17, 15) is 4.79 Å². The average molecular weight is 209 g/mol. The van der Waals surface area contributed by atoms with E-state index in [1.165, 1.54) is 16.2 Å². The van der Waals surface area contributed by atoms with E-state index in [0.717, 1.165) is 25.7 Å². The molecule has 0 radical (unpaired) electrons. The van der Waals surface area contributed by atoms with Crippen molar-refractivity contribution in [3.05, 3.63) is 18.5 Å². The van der Waals surface area contributed by atoms with Crippen LogP contribution in [0.1, 0.15) is 32.1 Å². The second kappa shape index (κ2) is 4.33. The molecular formula is C10H15N3O2. The smallest absolute Gasteiger partial charge is 0.428 e. The SMILES string of the molecule is O=C(O)N(C1CCCCC1)n1cccn1. The van der Waals surface area contributed by atoms with Gasteiger partial charge in [0.15, 0.2) is 0 Å². The molecule has 0 atom stereocenters. The van der Waals surface area contributed by atoms with Gasteiger partial charge >= 0.3 is 6.09 Å². The Morgan fingerprint density at radius 3 is 2.67 bits per heavy atom. The highest BCUT2D eigenvalue weighted by Crippen LogP contribution is 2.21. The Morgan fingerprint density at radius 2 is 2.13 bits per heavy atom. The fourth-order valence-corrected chi connectivity index (χ4v) is 2.12.